The third-order valence-electron chi connectivity index (χ3n) is 5.28. The summed E-state index contributed by atoms with van der Waals surface area (Å²) in [5, 5.41) is 3.12. The van der Waals surface area contributed by atoms with Gasteiger partial charge in [0.25, 0.3) is 0 Å². The minimum absolute atomic E-state index is 0.0310. The number of hydrogen-bond donors (Lipinski definition) is 1. The summed E-state index contributed by atoms with van der Waals surface area (Å²) in [6.07, 6.45) is 6.16. The Morgan fingerprint density at radius 2 is 1.96 bits per heavy atom. The second kappa shape index (κ2) is 9.20. The van der Waals surface area contributed by atoms with Crippen LogP contribution in [0.3, 0.4) is 0 Å². The smallest absolute Gasteiger partial charge is 0.322 e. The number of amides is 2. The number of piperidine rings is 1. The zero-order chi connectivity index (χ0) is 17.5. The van der Waals surface area contributed by atoms with Crippen molar-refractivity contribution in [2.75, 3.05) is 38.1 Å². The standard InChI is InChI=1S/C20H31N3O2/c1-2-25-16-17-9-4-5-11-19(17)21-20(24)23-14-8-10-18(23)15-22-12-6-3-7-13-22/h4-5,9,11,18H,2-3,6-8,10,12-16H2,1H3,(H,21,24)/t18-/m0/s1. The van der Waals surface area contributed by atoms with Crippen LogP contribution in [0.15, 0.2) is 24.3 Å². The van der Waals surface area contributed by atoms with Crippen molar-refractivity contribution >= 4 is 11.7 Å². The highest BCUT2D eigenvalue weighted by Gasteiger charge is 2.30. The Labute approximate surface area is 151 Å². The number of urea groups is 1. The Morgan fingerprint density at radius 1 is 1.16 bits per heavy atom. The molecule has 25 heavy (non-hydrogen) atoms. The summed E-state index contributed by atoms with van der Waals surface area (Å²) in [6, 6.07) is 8.29. The van der Waals surface area contributed by atoms with Crippen LogP contribution in [0.5, 0.6) is 0 Å². The molecule has 2 fully saturated rings. The molecule has 5 heteroatoms. The summed E-state index contributed by atoms with van der Waals surface area (Å²) in [5.41, 5.74) is 1.90. The average molecular weight is 345 g/mol. The zero-order valence-electron chi connectivity index (χ0n) is 15.4. The van der Waals surface area contributed by atoms with Gasteiger partial charge in [0.2, 0.25) is 0 Å². The van der Waals surface area contributed by atoms with E-state index in [1.54, 1.807) is 0 Å². The lowest BCUT2D eigenvalue weighted by molar-refractivity contribution is 0.134. The SMILES string of the molecule is CCOCc1ccccc1NC(=O)N1CCC[C@H]1CN1CCCCC1. The van der Waals surface area contributed by atoms with E-state index in [9.17, 15) is 4.79 Å². The molecule has 0 unspecified atom stereocenters. The van der Waals surface area contributed by atoms with Gasteiger partial charge >= 0.3 is 6.03 Å². The first kappa shape index (κ1) is 18.2. The molecule has 1 aromatic rings. The van der Waals surface area contributed by atoms with Crippen molar-refractivity contribution in [1.29, 1.82) is 0 Å². The number of carbonyl (C=O) groups excluding carboxylic acids is 1. The lowest BCUT2D eigenvalue weighted by atomic mass is 10.1. The van der Waals surface area contributed by atoms with Crippen molar-refractivity contribution in [2.24, 2.45) is 0 Å². The molecule has 0 radical (unpaired) electrons. The predicted molar refractivity (Wildman–Crippen MR) is 101 cm³/mol. The van der Waals surface area contributed by atoms with Crippen LogP contribution < -0.4 is 5.32 Å². The van der Waals surface area contributed by atoms with Crippen LogP contribution in [0, 0.1) is 0 Å². The van der Waals surface area contributed by atoms with Gasteiger partial charge in [-0.1, -0.05) is 24.6 Å². The Morgan fingerprint density at radius 3 is 2.76 bits per heavy atom. The normalized spacial score (nSPS) is 21.5. The number of nitrogens with one attached hydrogen (secondary N) is 1. The number of likely N-dealkylation sites (tertiary alicyclic amines) is 2. The highest BCUT2D eigenvalue weighted by atomic mass is 16.5. The average Bonchev–Trinajstić information content (AvgIpc) is 3.10. The van der Waals surface area contributed by atoms with Crippen LogP contribution in [-0.4, -0.2) is 54.7 Å². The maximum absolute atomic E-state index is 12.8. The molecule has 138 valence electrons. The lowest BCUT2D eigenvalue weighted by Crippen LogP contribution is -2.46. The van der Waals surface area contributed by atoms with E-state index < -0.39 is 0 Å². The maximum atomic E-state index is 12.8. The number of hydrogen-bond acceptors (Lipinski definition) is 3. The summed E-state index contributed by atoms with van der Waals surface area (Å²) in [7, 11) is 0. The van der Waals surface area contributed by atoms with Crippen molar-refractivity contribution in [3.05, 3.63) is 29.8 Å². The Bertz CT molecular complexity index is 558. The number of carbonyl (C=O) groups is 1. The monoisotopic (exact) mass is 345 g/mol. The topological polar surface area (TPSA) is 44.8 Å². The van der Waals surface area contributed by atoms with Gasteiger partial charge in [0.05, 0.1) is 6.61 Å². The van der Waals surface area contributed by atoms with Gasteiger partial charge in [-0.25, -0.2) is 4.79 Å². The molecule has 0 spiro atoms. The maximum Gasteiger partial charge on any atom is 0.322 e. The molecule has 2 amide bonds. The van der Waals surface area contributed by atoms with E-state index >= 15 is 0 Å². The van der Waals surface area contributed by atoms with Gasteiger partial charge < -0.3 is 19.9 Å². The second-order valence-corrected chi connectivity index (χ2v) is 7.08. The van der Waals surface area contributed by atoms with Crippen molar-refractivity contribution in [1.82, 2.24) is 9.80 Å². The number of benzene rings is 1. The molecule has 1 N–H and O–H groups in total. The fourth-order valence-corrected chi connectivity index (χ4v) is 3.90. The van der Waals surface area contributed by atoms with Gasteiger partial charge in [-0.05, 0) is 51.8 Å². The summed E-state index contributed by atoms with van der Waals surface area (Å²) < 4.78 is 5.52. The van der Waals surface area contributed by atoms with Crippen LogP contribution in [0.4, 0.5) is 10.5 Å². The molecule has 2 heterocycles. The second-order valence-electron chi connectivity index (χ2n) is 7.08. The summed E-state index contributed by atoms with van der Waals surface area (Å²) in [4.78, 5) is 17.4. The molecule has 5 nitrogen and oxygen atoms in total. The molecule has 2 aliphatic rings. The van der Waals surface area contributed by atoms with E-state index in [4.69, 9.17) is 4.74 Å². The highest BCUT2D eigenvalue weighted by Crippen LogP contribution is 2.23. The number of nitrogens with zero attached hydrogens (tertiary/aromatic N) is 2. The number of para-hydroxylation sites is 1. The zero-order valence-corrected chi connectivity index (χ0v) is 15.4. The Kier molecular flexibility index (Phi) is 6.70. The van der Waals surface area contributed by atoms with Gasteiger partial charge in [0.15, 0.2) is 0 Å². The molecule has 0 saturated carbocycles. The van der Waals surface area contributed by atoms with Crippen LogP contribution in [-0.2, 0) is 11.3 Å². The van der Waals surface area contributed by atoms with E-state index in [0.717, 1.165) is 37.2 Å². The van der Waals surface area contributed by atoms with Crippen LogP contribution >= 0.6 is 0 Å². The quantitative estimate of drug-likeness (QED) is 0.855. The van der Waals surface area contributed by atoms with Crippen molar-refractivity contribution in [3.8, 4) is 0 Å². The number of ether oxygens (including phenoxy) is 1. The molecule has 3 rings (SSSR count). The van der Waals surface area contributed by atoms with Gasteiger partial charge in [-0.2, -0.15) is 0 Å². The van der Waals surface area contributed by atoms with E-state index in [1.165, 1.54) is 32.4 Å². The molecule has 2 aliphatic heterocycles. The number of rotatable bonds is 6. The van der Waals surface area contributed by atoms with Crippen LogP contribution in [0.1, 0.15) is 44.6 Å². The summed E-state index contributed by atoms with van der Waals surface area (Å²) in [5.74, 6) is 0. The highest BCUT2D eigenvalue weighted by molar-refractivity contribution is 5.90. The first-order chi connectivity index (χ1) is 12.3. The minimum atomic E-state index is 0.0310. The molecule has 1 atom stereocenters. The molecular weight excluding hydrogens is 314 g/mol. The van der Waals surface area contributed by atoms with Crippen LogP contribution in [0.2, 0.25) is 0 Å². The number of anilines is 1. The first-order valence-electron chi connectivity index (χ1n) is 9.73. The summed E-state index contributed by atoms with van der Waals surface area (Å²) >= 11 is 0. The lowest BCUT2D eigenvalue weighted by Gasteiger charge is -2.33. The Balaban J connectivity index is 1.60. The summed E-state index contributed by atoms with van der Waals surface area (Å²) in [6.45, 7) is 7.44. The van der Waals surface area contributed by atoms with Gasteiger partial charge in [0, 0.05) is 37.0 Å². The first-order valence-corrected chi connectivity index (χ1v) is 9.73. The van der Waals surface area contributed by atoms with Crippen molar-refractivity contribution in [2.45, 2.75) is 51.7 Å². The van der Waals surface area contributed by atoms with E-state index in [2.05, 4.69) is 10.2 Å². The van der Waals surface area contributed by atoms with Crippen molar-refractivity contribution < 1.29 is 9.53 Å². The molecular formula is C20H31N3O2. The van der Waals surface area contributed by atoms with E-state index in [0.29, 0.717) is 19.3 Å². The fraction of sp³-hybridized carbons (Fsp3) is 0.650. The van der Waals surface area contributed by atoms with Gasteiger partial charge in [0.1, 0.15) is 0 Å². The molecule has 2 saturated heterocycles. The van der Waals surface area contributed by atoms with Crippen LogP contribution in [0.25, 0.3) is 0 Å². The Hall–Kier alpha value is -1.59. The molecule has 0 aliphatic carbocycles. The van der Waals surface area contributed by atoms with E-state index in [-0.39, 0.29) is 6.03 Å². The van der Waals surface area contributed by atoms with Gasteiger partial charge in [-0.15, -0.1) is 0 Å². The molecule has 0 aromatic heterocycles. The van der Waals surface area contributed by atoms with Crippen molar-refractivity contribution in [3.63, 3.8) is 0 Å². The third kappa shape index (κ3) is 4.95. The third-order valence-corrected chi connectivity index (χ3v) is 5.28. The molecule has 1 aromatic carbocycles. The minimum Gasteiger partial charge on any atom is -0.377 e. The molecule has 0 bridgehead atoms. The fourth-order valence-electron chi connectivity index (χ4n) is 3.90. The van der Waals surface area contributed by atoms with Gasteiger partial charge in [-0.3, -0.25) is 0 Å². The van der Waals surface area contributed by atoms with E-state index in [1.807, 2.05) is 36.1 Å². The largest absolute Gasteiger partial charge is 0.377 e. The predicted octanol–water partition coefficient (Wildman–Crippen LogP) is 3.71.